The first-order chi connectivity index (χ1) is 9.43. The van der Waals surface area contributed by atoms with E-state index in [2.05, 4.69) is 16.9 Å². The molecule has 7 heteroatoms. The van der Waals surface area contributed by atoms with E-state index in [1.807, 2.05) is 13.8 Å². The van der Waals surface area contributed by atoms with E-state index in [-0.39, 0.29) is 11.7 Å². The quantitative estimate of drug-likeness (QED) is 0.754. The summed E-state index contributed by atoms with van der Waals surface area (Å²) in [6, 6.07) is -0.148. The number of carboxylic acid groups (broad SMARTS) is 1. The van der Waals surface area contributed by atoms with Gasteiger partial charge in [-0.25, -0.2) is 14.6 Å². The topological polar surface area (TPSA) is 82.5 Å². The van der Waals surface area contributed by atoms with Crippen molar-refractivity contribution in [2.45, 2.75) is 20.3 Å². The summed E-state index contributed by atoms with van der Waals surface area (Å²) in [6.07, 6.45) is 0.522. The number of carboxylic acids is 1. The minimum atomic E-state index is -1.03. The number of carbonyl (C=O) groups is 2. The van der Waals surface area contributed by atoms with Crippen LogP contribution in [0.15, 0.2) is 17.5 Å². The predicted molar refractivity (Wildman–Crippen MR) is 78.2 cm³/mol. The molecule has 6 nitrogen and oxygen atoms in total. The number of nitrogens with zero attached hydrogens (tertiary/aromatic N) is 2. The summed E-state index contributed by atoms with van der Waals surface area (Å²) in [5.74, 6) is -1.03. The maximum Gasteiger partial charge on any atom is 0.355 e. The molecule has 1 heterocycles. The van der Waals surface area contributed by atoms with Crippen LogP contribution in [0.1, 0.15) is 29.3 Å². The highest BCUT2D eigenvalue weighted by Gasteiger charge is 2.12. The third kappa shape index (κ3) is 5.00. The zero-order chi connectivity index (χ0) is 15.1. The molecule has 2 N–H and O–H groups in total. The predicted octanol–water partition coefficient (Wildman–Crippen LogP) is 1.99. The van der Waals surface area contributed by atoms with Crippen LogP contribution in [0.3, 0.4) is 0 Å². The SMILES string of the molecule is C=C(C)CN(CC)C(=O)NCCc1nc(C(=O)O)cs1. The van der Waals surface area contributed by atoms with Gasteiger partial charge in [-0.1, -0.05) is 12.2 Å². The number of amides is 2. The van der Waals surface area contributed by atoms with Crippen molar-refractivity contribution in [2.75, 3.05) is 19.6 Å². The largest absolute Gasteiger partial charge is 0.476 e. The van der Waals surface area contributed by atoms with Crippen LogP contribution in [-0.4, -0.2) is 46.6 Å². The van der Waals surface area contributed by atoms with Gasteiger partial charge in [0, 0.05) is 31.4 Å². The van der Waals surface area contributed by atoms with Crippen LogP contribution >= 0.6 is 11.3 Å². The highest BCUT2D eigenvalue weighted by molar-refractivity contribution is 7.09. The minimum Gasteiger partial charge on any atom is -0.476 e. The number of hydrogen-bond donors (Lipinski definition) is 2. The lowest BCUT2D eigenvalue weighted by atomic mass is 10.3. The van der Waals surface area contributed by atoms with Gasteiger partial charge in [0.05, 0.1) is 5.01 Å². The molecule has 1 rings (SSSR count). The van der Waals surface area contributed by atoms with Gasteiger partial charge in [0.15, 0.2) is 5.69 Å². The first kappa shape index (κ1) is 16.2. The molecular weight excluding hydrogens is 278 g/mol. The van der Waals surface area contributed by atoms with E-state index in [1.165, 1.54) is 16.7 Å². The van der Waals surface area contributed by atoms with E-state index in [9.17, 15) is 9.59 Å². The summed E-state index contributed by atoms with van der Waals surface area (Å²) in [6.45, 7) is 9.14. The summed E-state index contributed by atoms with van der Waals surface area (Å²) >= 11 is 1.28. The molecule has 0 aromatic carbocycles. The number of aromatic carboxylic acids is 1. The Labute approximate surface area is 122 Å². The minimum absolute atomic E-state index is 0.0498. The summed E-state index contributed by atoms with van der Waals surface area (Å²) in [4.78, 5) is 28.2. The fourth-order valence-electron chi connectivity index (χ4n) is 1.57. The van der Waals surface area contributed by atoms with Crippen LogP contribution < -0.4 is 5.32 Å². The van der Waals surface area contributed by atoms with E-state index >= 15 is 0 Å². The van der Waals surface area contributed by atoms with Gasteiger partial charge in [-0.15, -0.1) is 11.3 Å². The lowest BCUT2D eigenvalue weighted by Gasteiger charge is -2.21. The standard InChI is InChI=1S/C13H19N3O3S/c1-4-16(7-9(2)3)13(19)14-6-5-11-15-10(8-20-11)12(17)18/h8H,2,4-7H2,1,3H3,(H,14,19)(H,17,18). The third-order valence-corrected chi connectivity index (χ3v) is 3.42. The van der Waals surface area contributed by atoms with Crippen molar-refractivity contribution in [1.82, 2.24) is 15.2 Å². The van der Waals surface area contributed by atoms with Gasteiger partial charge >= 0.3 is 12.0 Å². The van der Waals surface area contributed by atoms with Gasteiger partial charge in [0.1, 0.15) is 0 Å². The van der Waals surface area contributed by atoms with Gasteiger partial charge in [-0.3, -0.25) is 0 Å². The first-order valence-corrected chi connectivity index (χ1v) is 7.16. The van der Waals surface area contributed by atoms with E-state index < -0.39 is 5.97 Å². The van der Waals surface area contributed by atoms with E-state index in [0.29, 0.717) is 31.1 Å². The molecule has 1 aromatic rings. The smallest absolute Gasteiger partial charge is 0.355 e. The highest BCUT2D eigenvalue weighted by atomic mass is 32.1. The van der Waals surface area contributed by atoms with Crippen LogP contribution in [0.4, 0.5) is 4.79 Å². The maximum absolute atomic E-state index is 11.9. The van der Waals surface area contributed by atoms with Gasteiger partial charge < -0.3 is 15.3 Å². The molecule has 1 aromatic heterocycles. The Morgan fingerprint density at radius 3 is 2.75 bits per heavy atom. The molecule has 0 fully saturated rings. The van der Waals surface area contributed by atoms with Gasteiger partial charge in [0.25, 0.3) is 0 Å². The monoisotopic (exact) mass is 297 g/mol. The molecule has 0 bridgehead atoms. The van der Waals surface area contributed by atoms with Crippen molar-refractivity contribution < 1.29 is 14.7 Å². The molecule has 20 heavy (non-hydrogen) atoms. The van der Waals surface area contributed by atoms with Crippen molar-refractivity contribution in [3.05, 3.63) is 28.2 Å². The lowest BCUT2D eigenvalue weighted by Crippen LogP contribution is -2.41. The average molecular weight is 297 g/mol. The highest BCUT2D eigenvalue weighted by Crippen LogP contribution is 2.09. The Hall–Kier alpha value is -1.89. The lowest BCUT2D eigenvalue weighted by molar-refractivity contribution is 0.0691. The number of urea groups is 1. The van der Waals surface area contributed by atoms with Crippen LogP contribution in [0, 0.1) is 0 Å². The van der Waals surface area contributed by atoms with Crippen molar-refractivity contribution in [1.29, 1.82) is 0 Å². The maximum atomic E-state index is 11.9. The molecule has 0 aliphatic rings. The number of hydrogen-bond acceptors (Lipinski definition) is 4. The van der Waals surface area contributed by atoms with Gasteiger partial charge in [-0.05, 0) is 13.8 Å². The molecule has 2 amide bonds. The second kappa shape index (κ2) is 7.64. The number of aromatic nitrogens is 1. The molecule has 110 valence electrons. The first-order valence-electron chi connectivity index (χ1n) is 6.28. The number of likely N-dealkylation sites (N-methyl/N-ethyl adjacent to an activating group) is 1. The van der Waals surface area contributed by atoms with E-state index in [4.69, 9.17) is 5.11 Å². The Morgan fingerprint density at radius 1 is 1.55 bits per heavy atom. The summed E-state index contributed by atoms with van der Waals surface area (Å²) in [5, 5.41) is 13.7. The second-order valence-corrected chi connectivity index (χ2v) is 5.33. The molecule has 0 spiro atoms. The van der Waals surface area contributed by atoms with E-state index in [1.54, 1.807) is 4.90 Å². The van der Waals surface area contributed by atoms with Crippen molar-refractivity contribution in [3.8, 4) is 0 Å². The number of thiazole rings is 1. The number of carbonyl (C=O) groups excluding carboxylic acids is 1. The molecule has 0 radical (unpaired) electrons. The van der Waals surface area contributed by atoms with Crippen molar-refractivity contribution in [3.63, 3.8) is 0 Å². The van der Waals surface area contributed by atoms with Crippen molar-refractivity contribution >= 4 is 23.3 Å². The summed E-state index contributed by atoms with van der Waals surface area (Å²) in [7, 11) is 0. The second-order valence-electron chi connectivity index (χ2n) is 4.38. The summed E-state index contributed by atoms with van der Waals surface area (Å²) < 4.78 is 0. The third-order valence-electron chi connectivity index (χ3n) is 2.52. The Kier molecular flexibility index (Phi) is 6.17. The van der Waals surface area contributed by atoms with Gasteiger partial charge in [0.2, 0.25) is 0 Å². The fourth-order valence-corrected chi connectivity index (χ4v) is 2.34. The normalized spacial score (nSPS) is 10.1. The zero-order valence-electron chi connectivity index (χ0n) is 11.7. The Morgan fingerprint density at radius 2 is 2.25 bits per heavy atom. The number of nitrogens with one attached hydrogen (secondary N) is 1. The van der Waals surface area contributed by atoms with Crippen LogP contribution in [0.2, 0.25) is 0 Å². The summed E-state index contributed by atoms with van der Waals surface area (Å²) in [5.41, 5.74) is 0.974. The van der Waals surface area contributed by atoms with Crippen LogP contribution in [-0.2, 0) is 6.42 Å². The molecule has 0 unspecified atom stereocenters. The zero-order valence-corrected chi connectivity index (χ0v) is 12.5. The molecule has 0 aliphatic carbocycles. The van der Waals surface area contributed by atoms with E-state index in [0.717, 1.165) is 5.57 Å². The molecule has 0 atom stereocenters. The molecule has 0 saturated carbocycles. The van der Waals surface area contributed by atoms with Crippen molar-refractivity contribution in [2.24, 2.45) is 0 Å². The van der Waals surface area contributed by atoms with Crippen LogP contribution in [0.5, 0.6) is 0 Å². The molecule has 0 aliphatic heterocycles. The Bertz CT molecular complexity index is 499. The number of rotatable bonds is 7. The fraction of sp³-hybridized carbons (Fsp3) is 0.462. The Balaban J connectivity index is 2.40. The van der Waals surface area contributed by atoms with Crippen LogP contribution in [0.25, 0.3) is 0 Å². The average Bonchev–Trinajstić information content (AvgIpc) is 2.84. The molecule has 0 saturated heterocycles. The van der Waals surface area contributed by atoms with Gasteiger partial charge in [-0.2, -0.15) is 0 Å². The molecular formula is C13H19N3O3S.